The molecule has 0 bridgehead atoms. The van der Waals surface area contributed by atoms with Crippen LogP contribution in [0.25, 0.3) is 0 Å². The van der Waals surface area contributed by atoms with Crippen LogP contribution in [0.15, 0.2) is 132 Å². The molecule has 0 saturated heterocycles. The van der Waals surface area contributed by atoms with Crippen molar-refractivity contribution in [2.75, 3.05) is 27.2 Å². The summed E-state index contributed by atoms with van der Waals surface area (Å²) < 4.78 is 0. The Morgan fingerprint density at radius 1 is 0.875 bits per heavy atom. The van der Waals surface area contributed by atoms with Crippen LogP contribution in [-0.4, -0.2) is 66.6 Å². The number of nitrogens with one attached hydrogen (secondary N) is 1. The van der Waals surface area contributed by atoms with Crippen molar-refractivity contribution in [2.45, 2.75) is 220 Å². The zero-order valence-corrected chi connectivity index (χ0v) is 59.2. The molecule has 0 amide bonds. The van der Waals surface area contributed by atoms with Gasteiger partial charge in [0.15, 0.2) is 5.78 Å². The summed E-state index contributed by atoms with van der Waals surface area (Å²) in [5.41, 5.74) is 10.5. The van der Waals surface area contributed by atoms with Gasteiger partial charge in [-0.25, -0.2) is 0 Å². The van der Waals surface area contributed by atoms with Gasteiger partial charge in [-0.1, -0.05) is 169 Å². The number of Topliss-reactive ketones (excluding diaryl/α,β-unsaturated/α-hetero) is 3. The maximum atomic E-state index is 11.6. The maximum Gasteiger partial charge on any atom is 1.00 e. The molecule has 1 N–H and O–H groups in total. The molecule has 8 heteroatoms. The average molecular weight is 1130 g/mol. The minimum atomic E-state index is -0.366. The molecule has 0 aliphatic carbocycles. The first kappa shape index (κ1) is 85.3. The Morgan fingerprint density at radius 3 is 1.82 bits per heavy atom. The molecule has 0 radical (unpaired) electrons. The summed E-state index contributed by atoms with van der Waals surface area (Å²) in [5.74, 6) is 2.70. The Bertz CT molecular complexity index is 2180. The minimum Gasteiger partial charge on any atom is -0.388 e. The number of likely N-dealkylation sites (N-methyl/N-ethyl adjacent to an activating group) is 1. The van der Waals surface area contributed by atoms with Crippen LogP contribution in [0.3, 0.4) is 0 Å². The summed E-state index contributed by atoms with van der Waals surface area (Å²) in [6, 6.07) is 15.1. The molecule has 0 aromatic heterocycles. The third kappa shape index (κ3) is 34.8. The summed E-state index contributed by atoms with van der Waals surface area (Å²) in [6.07, 6.45) is 27.0. The quantitative estimate of drug-likeness (QED) is 0.0240. The monoisotopic (exact) mass is 1130 g/mol. The first-order valence-electron chi connectivity index (χ1n) is 29.8. The van der Waals surface area contributed by atoms with Crippen molar-refractivity contribution < 1.29 is 65.8 Å². The van der Waals surface area contributed by atoms with E-state index in [1.54, 1.807) is 34.0 Å². The van der Waals surface area contributed by atoms with Crippen LogP contribution in [0.5, 0.6) is 0 Å². The summed E-state index contributed by atoms with van der Waals surface area (Å²) in [7, 11) is 3.65. The number of hydrogen-bond acceptors (Lipinski definition) is 7. The SMILES string of the molecule is C=C(/C=C(\C)C(C)C)/C(=C\C=NC)N1C=CC(NC)=CC1=C.C=CCC(CCC)c1ccc(C(C)=O)cc1.CC.CCCC(CCC)CN(CCC)C(C)CC.CCc1ccc(C)c(C(C)(C)C(C)=O)c1.[CH2-]CC(C)C(C)=O.[CH3-].[K+]. The molecule has 3 unspecified atom stereocenters. The predicted octanol–water partition coefficient (Wildman–Crippen LogP) is 16.6. The van der Waals surface area contributed by atoms with Gasteiger partial charge in [0.1, 0.15) is 11.6 Å². The molecule has 448 valence electrons. The second-order valence-corrected chi connectivity index (χ2v) is 21.4. The zero-order chi connectivity index (χ0) is 60.6. The molecule has 1 aliphatic rings. The fourth-order valence-electron chi connectivity index (χ4n) is 8.37. The first-order valence-corrected chi connectivity index (χ1v) is 29.8. The number of nitrogens with zero attached hydrogens (tertiary/aromatic N) is 3. The molecule has 3 rings (SSSR count). The second-order valence-electron chi connectivity index (χ2n) is 21.4. The van der Waals surface area contributed by atoms with Crippen molar-refractivity contribution in [3.8, 4) is 0 Å². The number of carbonyl (C=O) groups excluding carboxylic acids is 3. The normalized spacial score (nSPS) is 13.1. The van der Waals surface area contributed by atoms with Crippen LogP contribution in [0.4, 0.5) is 0 Å². The van der Waals surface area contributed by atoms with Gasteiger partial charge in [0.2, 0.25) is 0 Å². The van der Waals surface area contributed by atoms with Crippen LogP contribution in [0.2, 0.25) is 0 Å². The standard InChI is InChI=1S/C19H27N3.C15H33N.C15H20O.C14H20O.C6H11O.C2H6.CH3.K/c1-14(2)15(3)12-16(4)19(8-10-20-6)22-11-9-18(21-7)13-17(22)5;1-6-10-15(11-7-2)13-16(12-8-3)14(5)9-4;1-4-6-14(7-5-2)15-10-8-13(9-11-15)12(3)16;1-6-12-8-7-10(2)13(9-12)14(4,5)11(3)15;1-4-5(2)6(3)7;1-2;;/h8-14,21H,4-5H2,1-3,6-7H3;14-15H,6-13H2,1-5H3;4,8-11,14H,1,5-7H2,2-3H3;7-9H,6H2,1-5H3;5H,1,4H2,2-3H3;1-2H3;1H3;/q;;;;-1;;-1;+1/b15-12+,19-8+,20-10?;;;;;;;. The molecule has 0 saturated carbocycles. The van der Waals surface area contributed by atoms with Gasteiger partial charge in [-0.2, -0.15) is 6.42 Å². The van der Waals surface area contributed by atoms with E-state index in [1.807, 2.05) is 89.2 Å². The number of hydrogen-bond donors (Lipinski definition) is 1. The number of rotatable bonds is 27. The van der Waals surface area contributed by atoms with E-state index in [0.717, 1.165) is 65.0 Å². The molecular formula is C72H120KN4O3-. The van der Waals surface area contributed by atoms with Crippen molar-refractivity contribution in [1.82, 2.24) is 15.1 Å². The number of benzene rings is 2. The van der Waals surface area contributed by atoms with E-state index in [2.05, 4.69) is 154 Å². The molecule has 2 aromatic rings. The third-order valence-electron chi connectivity index (χ3n) is 14.5. The molecule has 1 heterocycles. The third-order valence-corrected chi connectivity index (χ3v) is 14.5. The zero-order valence-electron chi connectivity index (χ0n) is 56.1. The first-order chi connectivity index (χ1) is 36.8. The van der Waals surface area contributed by atoms with Crippen molar-refractivity contribution >= 4 is 23.6 Å². The molecule has 1 aliphatic heterocycles. The van der Waals surface area contributed by atoms with E-state index in [4.69, 9.17) is 0 Å². The number of aliphatic imine (C=N–C) groups is 1. The van der Waals surface area contributed by atoms with Gasteiger partial charge in [0, 0.05) is 61.5 Å². The van der Waals surface area contributed by atoms with Gasteiger partial charge in [-0.15, -0.1) is 6.58 Å². The van der Waals surface area contributed by atoms with Crippen LogP contribution < -0.4 is 56.7 Å². The van der Waals surface area contributed by atoms with E-state index in [1.165, 1.54) is 86.7 Å². The van der Waals surface area contributed by atoms with E-state index in [-0.39, 0.29) is 87.5 Å². The van der Waals surface area contributed by atoms with Crippen LogP contribution in [-0.2, 0) is 21.4 Å². The molecule has 80 heavy (non-hydrogen) atoms. The average Bonchev–Trinajstić information content (AvgIpc) is 3.42. The Kier molecular flexibility index (Phi) is 53.4. The molecule has 3 atom stereocenters. The molecule has 0 spiro atoms. The van der Waals surface area contributed by atoms with Crippen molar-refractivity contribution in [3.05, 3.63) is 169 Å². The van der Waals surface area contributed by atoms with Gasteiger partial charge in [0.25, 0.3) is 0 Å². The predicted molar refractivity (Wildman–Crippen MR) is 353 cm³/mol. The topological polar surface area (TPSA) is 82.1 Å². The summed E-state index contributed by atoms with van der Waals surface area (Å²) in [6.45, 7) is 57.6. The Hall–Kier alpha value is -3.50. The molecule has 0 fully saturated rings. The van der Waals surface area contributed by atoms with Gasteiger partial charge in [-0.3, -0.25) is 19.4 Å². The number of ketones is 3. The number of allylic oxidation sites excluding steroid dienone is 6. The Morgan fingerprint density at radius 2 is 1.44 bits per heavy atom. The van der Waals surface area contributed by atoms with Crippen LogP contribution in [0.1, 0.15) is 227 Å². The van der Waals surface area contributed by atoms with Crippen molar-refractivity contribution in [1.29, 1.82) is 0 Å². The number of carbonyl (C=O) groups is 3. The van der Waals surface area contributed by atoms with Crippen molar-refractivity contribution in [3.63, 3.8) is 0 Å². The van der Waals surface area contributed by atoms with Gasteiger partial charge >= 0.3 is 51.4 Å². The van der Waals surface area contributed by atoms with Gasteiger partial charge in [0.05, 0.1) is 5.70 Å². The minimum absolute atomic E-state index is 0. The van der Waals surface area contributed by atoms with E-state index in [0.29, 0.717) is 11.8 Å². The van der Waals surface area contributed by atoms with Crippen LogP contribution >= 0.6 is 0 Å². The summed E-state index contributed by atoms with van der Waals surface area (Å²) in [5, 5.41) is 3.12. The molecule has 2 aromatic carbocycles. The number of aryl methyl sites for hydroxylation is 2. The van der Waals surface area contributed by atoms with Gasteiger partial charge in [-0.05, 0) is 177 Å². The van der Waals surface area contributed by atoms with E-state index in [9.17, 15) is 14.4 Å². The smallest absolute Gasteiger partial charge is 0.388 e. The fraction of sp³-hybridized carbons (Fsp3) is 0.556. The fourth-order valence-corrected chi connectivity index (χ4v) is 8.37. The second kappa shape index (κ2) is 50.0. The molecular weight excluding hydrogens is 1010 g/mol. The summed E-state index contributed by atoms with van der Waals surface area (Å²) >= 11 is 0. The van der Waals surface area contributed by atoms with Crippen molar-refractivity contribution in [2.24, 2.45) is 22.7 Å². The molecule has 7 nitrogen and oxygen atoms in total. The van der Waals surface area contributed by atoms with E-state index >= 15 is 0 Å². The Balaban J connectivity index is -0.000000297. The Labute approximate surface area is 538 Å². The largest absolute Gasteiger partial charge is 1.00 e. The van der Waals surface area contributed by atoms with Crippen LogP contribution in [0, 0.1) is 39.0 Å². The van der Waals surface area contributed by atoms with E-state index < -0.39 is 0 Å². The summed E-state index contributed by atoms with van der Waals surface area (Å²) in [4.78, 5) is 41.9. The van der Waals surface area contributed by atoms with Gasteiger partial charge < -0.3 is 29.5 Å². The maximum absolute atomic E-state index is 11.6.